The van der Waals surface area contributed by atoms with Crippen molar-refractivity contribution < 1.29 is 19.4 Å². The molecular weight excluding hydrogens is 420 g/mol. The fraction of sp³-hybridized carbons (Fsp3) is 0.455. The van der Waals surface area contributed by atoms with Crippen LogP contribution < -0.4 is 10.2 Å². The largest absolute Gasteiger partial charge is 0.476 e. The van der Waals surface area contributed by atoms with Gasteiger partial charge in [-0.25, -0.2) is 19.6 Å². The number of pyridine rings is 2. The number of hydrogen-bond donors (Lipinski definition) is 2. The van der Waals surface area contributed by atoms with E-state index in [1.807, 2.05) is 26.0 Å². The van der Waals surface area contributed by atoms with Crippen LogP contribution in [0.5, 0.6) is 0 Å². The molecule has 164 valence electrons. The summed E-state index contributed by atoms with van der Waals surface area (Å²) < 4.78 is 5.34. The van der Waals surface area contributed by atoms with Crippen LogP contribution in [-0.4, -0.2) is 39.8 Å². The number of carboxylic acid groups (broad SMARTS) is 1. The van der Waals surface area contributed by atoms with E-state index in [1.165, 1.54) is 25.3 Å². The summed E-state index contributed by atoms with van der Waals surface area (Å²) in [5.41, 5.74) is 1.82. The van der Waals surface area contributed by atoms with Crippen molar-refractivity contribution in [1.29, 1.82) is 0 Å². The number of nitrogens with zero attached hydrogens (tertiary/aromatic N) is 3. The summed E-state index contributed by atoms with van der Waals surface area (Å²) in [7, 11) is 0. The van der Waals surface area contributed by atoms with Crippen molar-refractivity contribution in [3.8, 4) is 0 Å². The summed E-state index contributed by atoms with van der Waals surface area (Å²) in [4.78, 5) is 34.3. The molecule has 0 aromatic carbocycles. The topological polar surface area (TPSA) is 105 Å². The normalized spacial score (nSPS) is 19.6. The van der Waals surface area contributed by atoms with Crippen LogP contribution in [0.25, 0.3) is 0 Å². The maximum absolute atomic E-state index is 12.5. The average Bonchev–Trinajstić information content (AvgIpc) is 3.05. The SMILES string of the molecule is Cc1cc([C@@H](C)Nc2ccc(Cl)nc2C(=O)O)nc(N2C(=O)OC[C@@H]2CC2CCC2)c1. The Kier molecular flexibility index (Phi) is 6.00. The molecule has 0 radical (unpaired) electrons. The maximum Gasteiger partial charge on any atom is 0.415 e. The molecule has 4 rings (SSSR count). The molecule has 1 aliphatic carbocycles. The first-order chi connectivity index (χ1) is 14.8. The predicted molar refractivity (Wildman–Crippen MR) is 117 cm³/mol. The van der Waals surface area contributed by atoms with Gasteiger partial charge in [0.05, 0.1) is 23.5 Å². The van der Waals surface area contributed by atoms with E-state index >= 15 is 0 Å². The van der Waals surface area contributed by atoms with E-state index in [-0.39, 0.29) is 29.0 Å². The smallest absolute Gasteiger partial charge is 0.415 e. The van der Waals surface area contributed by atoms with Gasteiger partial charge in [0.2, 0.25) is 0 Å². The van der Waals surface area contributed by atoms with E-state index in [0.29, 0.717) is 29.7 Å². The Morgan fingerprint density at radius 1 is 1.35 bits per heavy atom. The first-order valence-electron chi connectivity index (χ1n) is 10.4. The second-order valence-electron chi connectivity index (χ2n) is 8.26. The van der Waals surface area contributed by atoms with Gasteiger partial charge in [0.15, 0.2) is 5.69 Å². The number of aryl methyl sites for hydroxylation is 1. The number of rotatable bonds is 7. The third kappa shape index (κ3) is 4.58. The van der Waals surface area contributed by atoms with Crippen LogP contribution in [0.3, 0.4) is 0 Å². The van der Waals surface area contributed by atoms with E-state index < -0.39 is 5.97 Å². The standard InChI is InChI=1S/C22H25ClN4O4/c1-12-8-17(13(2)24-16-6-7-18(23)26-20(16)21(28)29)25-19(9-12)27-15(11-31-22(27)30)10-14-4-3-5-14/h6-9,13-15,24H,3-5,10-11H2,1-2H3,(H,28,29)/t13-,15+/m1/s1. The Labute approximate surface area is 185 Å². The highest BCUT2D eigenvalue weighted by atomic mass is 35.5. The number of carbonyl (C=O) groups is 2. The summed E-state index contributed by atoms with van der Waals surface area (Å²) in [6.45, 7) is 4.20. The molecule has 0 spiro atoms. The third-order valence-corrected chi connectivity index (χ3v) is 6.10. The fourth-order valence-electron chi connectivity index (χ4n) is 4.07. The molecule has 2 aliphatic rings. The molecule has 1 aliphatic heterocycles. The molecule has 2 N–H and O–H groups in total. The van der Waals surface area contributed by atoms with Gasteiger partial charge in [-0.2, -0.15) is 0 Å². The number of cyclic esters (lactones) is 1. The lowest BCUT2D eigenvalue weighted by molar-refractivity contribution is 0.0691. The summed E-state index contributed by atoms with van der Waals surface area (Å²) >= 11 is 5.84. The quantitative estimate of drug-likeness (QED) is 0.589. The van der Waals surface area contributed by atoms with Crippen molar-refractivity contribution in [3.05, 3.63) is 46.4 Å². The van der Waals surface area contributed by atoms with Crippen LogP contribution in [0, 0.1) is 12.8 Å². The summed E-state index contributed by atoms with van der Waals surface area (Å²) in [6, 6.07) is 6.56. The monoisotopic (exact) mass is 444 g/mol. The van der Waals surface area contributed by atoms with Gasteiger partial charge in [0.25, 0.3) is 0 Å². The lowest BCUT2D eigenvalue weighted by Crippen LogP contribution is -2.37. The minimum absolute atomic E-state index is 0.0118. The Balaban J connectivity index is 1.59. The summed E-state index contributed by atoms with van der Waals surface area (Å²) in [5, 5.41) is 12.7. The van der Waals surface area contributed by atoms with Crippen molar-refractivity contribution in [3.63, 3.8) is 0 Å². The molecular formula is C22H25ClN4O4. The van der Waals surface area contributed by atoms with Crippen LogP contribution in [0.1, 0.15) is 60.4 Å². The number of aromatic nitrogens is 2. The molecule has 1 saturated heterocycles. The van der Waals surface area contributed by atoms with E-state index in [9.17, 15) is 14.7 Å². The zero-order chi connectivity index (χ0) is 22.1. The highest BCUT2D eigenvalue weighted by molar-refractivity contribution is 6.29. The van der Waals surface area contributed by atoms with Gasteiger partial charge in [0, 0.05) is 0 Å². The van der Waals surface area contributed by atoms with Crippen molar-refractivity contribution in [1.82, 2.24) is 9.97 Å². The highest BCUT2D eigenvalue weighted by Crippen LogP contribution is 2.35. The molecule has 0 bridgehead atoms. The van der Waals surface area contributed by atoms with Gasteiger partial charge in [-0.05, 0) is 56.0 Å². The van der Waals surface area contributed by atoms with Gasteiger partial charge in [-0.3, -0.25) is 4.90 Å². The number of carboxylic acids is 1. The number of amides is 1. The van der Waals surface area contributed by atoms with E-state index in [1.54, 1.807) is 11.0 Å². The number of nitrogens with one attached hydrogen (secondary N) is 1. The number of carbonyl (C=O) groups excluding carboxylic acids is 1. The fourth-order valence-corrected chi connectivity index (χ4v) is 4.22. The Bertz CT molecular complexity index is 1010. The molecule has 3 heterocycles. The highest BCUT2D eigenvalue weighted by Gasteiger charge is 2.37. The van der Waals surface area contributed by atoms with E-state index in [0.717, 1.165) is 12.0 Å². The average molecular weight is 445 g/mol. The molecule has 2 aromatic rings. The number of ether oxygens (including phenoxy) is 1. The summed E-state index contributed by atoms with van der Waals surface area (Å²) in [5.74, 6) is 0.0237. The predicted octanol–water partition coefficient (Wildman–Crippen LogP) is 4.83. The van der Waals surface area contributed by atoms with Crippen molar-refractivity contribution in [2.75, 3.05) is 16.8 Å². The van der Waals surface area contributed by atoms with Gasteiger partial charge in [0.1, 0.15) is 17.6 Å². The van der Waals surface area contributed by atoms with Gasteiger partial charge in [-0.15, -0.1) is 0 Å². The molecule has 2 fully saturated rings. The van der Waals surface area contributed by atoms with E-state index in [4.69, 9.17) is 21.3 Å². The summed E-state index contributed by atoms with van der Waals surface area (Å²) in [6.07, 6.45) is 4.20. The Morgan fingerprint density at radius 3 is 2.81 bits per heavy atom. The first kappa shape index (κ1) is 21.4. The van der Waals surface area contributed by atoms with Crippen LogP contribution >= 0.6 is 11.6 Å². The number of aromatic carboxylic acids is 1. The second-order valence-corrected chi connectivity index (χ2v) is 8.65. The van der Waals surface area contributed by atoms with Crippen LogP contribution in [-0.2, 0) is 4.74 Å². The third-order valence-electron chi connectivity index (χ3n) is 5.89. The Morgan fingerprint density at radius 2 is 2.13 bits per heavy atom. The second kappa shape index (κ2) is 8.70. The maximum atomic E-state index is 12.5. The molecule has 1 saturated carbocycles. The number of anilines is 2. The van der Waals surface area contributed by atoms with Crippen molar-refractivity contribution >= 4 is 35.2 Å². The molecule has 8 nitrogen and oxygen atoms in total. The molecule has 2 aromatic heterocycles. The minimum Gasteiger partial charge on any atom is -0.476 e. The number of halogens is 1. The van der Waals surface area contributed by atoms with Crippen LogP contribution in [0.2, 0.25) is 5.15 Å². The molecule has 0 unspecified atom stereocenters. The van der Waals surface area contributed by atoms with Gasteiger partial charge >= 0.3 is 12.1 Å². The molecule has 1 amide bonds. The molecule has 31 heavy (non-hydrogen) atoms. The Hall–Kier alpha value is -2.87. The van der Waals surface area contributed by atoms with Gasteiger partial charge < -0.3 is 15.2 Å². The lowest BCUT2D eigenvalue weighted by Gasteiger charge is -2.30. The minimum atomic E-state index is -1.17. The molecule has 2 atom stereocenters. The van der Waals surface area contributed by atoms with Crippen LogP contribution in [0.4, 0.5) is 16.3 Å². The zero-order valence-corrected chi connectivity index (χ0v) is 18.2. The van der Waals surface area contributed by atoms with Crippen LogP contribution in [0.15, 0.2) is 24.3 Å². The lowest BCUT2D eigenvalue weighted by atomic mass is 9.81. The molecule has 9 heteroatoms. The van der Waals surface area contributed by atoms with Crippen molar-refractivity contribution in [2.24, 2.45) is 5.92 Å². The first-order valence-corrected chi connectivity index (χ1v) is 10.8. The zero-order valence-electron chi connectivity index (χ0n) is 17.5. The number of hydrogen-bond acceptors (Lipinski definition) is 6. The van der Waals surface area contributed by atoms with Crippen molar-refractivity contribution in [2.45, 2.75) is 51.6 Å². The van der Waals surface area contributed by atoms with Gasteiger partial charge in [-0.1, -0.05) is 30.9 Å². The van der Waals surface area contributed by atoms with E-state index in [2.05, 4.69) is 10.3 Å².